The molecule has 17 heavy (non-hydrogen) atoms. The summed E-state index contributed by atoms with van der Waals surface area (Å²) in [5, 5.41) is 7.35. The first-order valence-corrected chi connectivity index (χ1v) is 6.00. The van der Waals surface area contributed by atoms with E-state index < -0.39 is 0 Å². The number of aromatic nitrogens is 3. The molecule has 0 aliphatic carbocycles. The average molecular weight is 251 g/mol. The second-order valence-corrected chi connectivity index (χ2v) is 4.12. The van der Waals surface area contributed by atoms with Crippen LogP contribution < -0.4 is 5.32 Å². The summed E-state index contributed by atoms with van der Waals surface area (Å²) >= 11 is 5.79. The highest BCUT2D eigenvalue weighted by Crippen LogP contribution is 2.07. The van der Waals surface area contributed by atoms with Gasteiger partial charge in [0, 0.05) is 19.5 Å². The molecule has 0 bridgehead atoms. The lowest BCUT2D eigenvalue weighted by Gasteiger charge is -2.05. The van der Waals surface area contributed by atoms with Crippen LogP contribution in [0.25, 0.3) is 0 Å². The van der Waals surface area contributed by atoms with E-state index in [-0.39, 0.29) is 0 Å². The van der Waals surface area contributed by atoms with Crippen LogP contribution >= 0.6 is 11.6 Å². The maximum absolute atomic E-state index is 5.79. The highest BCUT2D eigenvalue weighted by molar-refractivity contribution is 6.17. The molecule has 1 aromatic carbocycles. The van der Waals surface area contributed by atoms with Crippen LogP contribution in [0.3, 0.4) is 0 Å². The summed E-state index contributed by atoms with van der Waals surface area (Å²) in [6.45, 7) is 1.51. The Bertz CT molecular complexity index is 481. The Balaban J connectivity index is 1.87. The maximum atomic E-state index is 5.79. The van der Waals surface area contributed by atoms with Gasteiger partial charge in [0.1, 0.15) is 12.2 Å². The van der Waals surface area contributed by atoms with Crippen LogP contribution in [0.5, 0.6) is 0 Å². The fourth-order valence-electron chi connectivity index (χ4n) is 1.62. The Kier molecular flexibility index (Phi) is 4.12. The summed E-state index contributed by atoms with van der Waals surface area (Å²) in [5.41, 5.74) is 2.37. The highest BCUT2D eigenvalue weighted by atomic mass is 35.5. The molecule has 2 aromatic rings. The number of hydrogen-bond donors (Lipinski definition) is 1. The number of halogens is 1. The first-order valence-electron chi connectivity index (χ1n) is 5.47. The van der Waals surface area contributed by atoms with Crippen LogP contribution in [-0.2, 0) is 26.0 Å². The molecule has 90 valence electrons. The summed E-state index contributed by atoms with van der Waals surface area (Å²) in [4.78, 5) is 4.15. The zero-order valence-corrected chi connectivity index (χ0v) is 10.5. The Morgan fingerprint density at radius 1 is 1.29 bits per heavy atom. The van der Waals surface area contributed by atoms with Gasteiger partial charge in [0.25, 0.3) is 0 Å². The van der Waals surface area contributed by atoms with Crippen molar-refractivity contribution in [3.63, 3.8) is 0 Å². The summed E-state index contributed by atoms with van der Waals surface area (Å²) in [6, 6.07) is 8.24. The van der Waals surface area contributed by atoms with Crippen LogP contribution in [0, 0.1) is 0 Å². The lowest BCUT2D eigenvalue weighted by atomic mass is 10.1. The van der Waals surface area contributed by atoms with Crippen molar-refractivity contribution < 1.29 is 0 Å². The minimum absolute atomic E-state index is 0.553. The molecule has 0 saturated carbocycles. The van der Waals surface area contributed by atoms with E-state index in [0.717, 1.165) is 17.9 Å². The molecule has 4 nitrogen and oxygen atoms in total. The van der Waals surface area contributed by atoms with Gasteiger partial charge in [-0.2, -0.15) is 5.10 Å². The average Bonchev–Trinajstić information content (AvgIpc) is 2.76. The molecule has 1 aromatic heterocycles. The van der Waals surface area contributed by atoms with Gasteiger partial charge in [-0.15, -0.1) is 11.6 Å². The zero-order chi connectivity index (χ0) is 12.1. The molecule has 0 aliphatic heterocycles. The molecule has 5 heteroatoms. The van der Waals surface area contributed by atoms with Gasteiger partial charge in [-0.1, -0.05) is 24.3 Å². The molecule has 0 amide bonds. The summed E-state index contributed by atoms with van der Waals surface area (Å²) in [5.74, 6) is 1.48. The minimum Gasteiger partial charge on any atom is -0.306 e. The number of aryl methyl sites for hydroxylation is 1. The number of rotatable bonds is 5. The minimum atomic E-state index is 0.553. The first-order chi connectivity index (χ1) is 8.29. The van der Waals surface area contributed by atoms with Gasteiger partial charge < -0.3 is 5.32 Å². The molecule has 0 aliphatic rings. The van der Waals surface area contributed by atoms with E-state index in [1.807, 2.05) is 19.2 Å². The van der Waals surface area contributed by atoms with Crippen molar-refractivity contribution in [1.82, 2.24) is 20.1 Å². The molecule has 1 heterocycles. The predicted octanol–water partition coefficient (Wildman–Crippen LogP) is 1.84. The second-order valence-electron chi connectivity index (χ2n) is 3.86. The zero-order valence-electron chi connectivity index (χ0n) is 9.73. The van der Waals surface area contributed by atoms with Gasteiger partial charge in [0.2, 0.25) is 0 Å². The van der Waals surface area contributed by atoms with Crippen molar-refractivity contribution in [2.24, 2.45) is 7.05 Å². The van der Waals surface area contributed by atoms with E-state index in [9.17, 15) is 0 Å². The maximum Gasteiger partial charge on any atom is 0.140 e. The van der Waals surface area contributed by atoms with Gasteiger partial charge in [-0.05, 0) is 11.1 Å². The van der Waals surface area contributed by atoms with Crippen molar-refractivity contribution in [2.75, 3.05) is 0 Å². The molecule has 0 fully saturated rings. The van der Waals surface area contributed by atoms with E-state index >= 15 is 0 Å². The van der Waals surface area contributed by atoms with Crippen LogP contribution in [0.4, 0.5) is 0 Å². The van der Waals surface area contributed by atoms with Gasteiger partial charge in [-0.25, -0.2) is 4.98 Å². The van der Waals surface area contributed by atoms with Crippen molar-refractivity contribution in [3.8, 4) is 0 Å². The third-order valence-corrected chi connectivity index (χ3v) is 2.87. The number of nitrogens with zero attached hydrogens (tertiary/aromatic N) is 3. The lowest BCUT2D eigenvalue weighted by molar-refractivity contribution is 0.614. The third-order valence-electron chi connectivity index (χ3n) is 2.56. The molecule has 0 unspecified atom stereocenters. The SMILES string of the molecule is Cn1ncnc1CNCc1cccc(CCl)c1. The summed E-state index contributed by atoms with van der Waals surface area (Å²) in [6.07, 6.45) is 1.56. The van der Waals surface area contributed by atoms with Crippen LogP contribution in [0.15, 0.2) is 30.6 Å². The second kappa shape index (κ2) is 5.80. The van der Waals surface area contributed by atoms with Crippen LogP contribution in [-0.4, -0.2) is 14.8 Å². The van der Waals surface area contributed by atoms with Gasteiger partial charge >= 0.3 is 0 Å². The molecule has 0 atom stereocenters. The van der Waals surface area contributed by atoms with E-state index in [1.54, 1.807) is 11.0 Å². The van der Waals surface area contributed by atoms with E-state index in [0.29, 0.717) is 12.4 Å². The van der Waals surface area contributed by atoms with Crippen molar-refractivity contribution in [1.29, 1.82) is 0 Å². The van der Waals surface area contributed by atoms with Crippen LogP contribution in [0.2, 0.25) is 0 Å². The number of hydrogen-bond acceptors (Lipinski definition) is 3. The van der Waals surface area contributed by atoms with Gasteiger partial charge in [0.15, 0.2) is 0 Å². The van der Waals surface area contributed by atoms with E-state index in [2.05, 4.69) is 27.5 Å². The number of nitrogens with one attached hydrogen (secondary N) is 1. The van der Waals surface area contributed by atoms with Gasteiger partial charge in [0.05, 0.1) is 6.54 Å². The first kappa shape index (κ1) is 12.1. The molecule has 0 radical (unpaired) electrons. The molecular weight excluding hydrogens is 236 g/mol. The Morgan fingerprint density at radius 2 is 2.12 bits per heavy atom. The van der Waals surface area contributed by atoms with Crippen LogP contribution in [0.1, 0.15) is 17.0 Å². The normalized spacial score (nSPS) is 10.7. The molecule has 0 saturated heterocycles. The lowest BCUT2D eigenvalue weighted by Crippen LogP contribution is -2.16. The molecule has 0 spiro atoms. The monoisotopic (exact) mass is 250 g/mol. The quantitative estimate of drug-likeness (QED) is 0.824. The van der Waals surface area contributed by atoms with Crippen molar-refractivity contribution >= 4 is 11.6 Å². The number of benzene rings is 1. The predicted molar refractivity (Wildman–Crippen MR) is 67.5 cm³/mol. The largest absolute Gasteiger partial charge is 0.306 e. The van der Waals surface area contributed by atoms with Crippen molar-refractivity contribution in [3.05, 3.63) is 47.5 Å². The number of alkyl halides is 1. The molecule has 2 rings (SSSR count). The van der Waals surface area contributed by atoms with Gasteiger partial charge in [-0.3, -0.25) is 4.68 Å². The third kappa shape index (κ3) is 3.28. The summed E-state index contributed by atoms with van der Waals surface area (Å²) < 4.78 is 1.77. The van der Waals surface area contributed by atoms with E-state index in [1.165, 1.54) is 5.56 Å². The fourth-order valence-corrected chi connectivity index (χ4v) is 1.79. The molecule has 1 N–H and O–H groups in total. The topological polar surface area (TPSA) is 42.7 Å². The Morgan fingerprint density at radius 3 is 2.82 bits per heavy atom. The smallest absolute Gasteiger partial charge is 0.140 e. The Labute approximate surface area is 106 Å². The summed E-state index contributed by atoms with van der Waals surface area (Å²) in [7, 11) is 1.89. The van der Waals surface area contributed by atoms with E-state index in [4.69, 9.17) is 11.6 Å². The van der Waals surface area contributed by atoms with Crippen molar-refractivity contribution in [2.45, 2.75) is 19.0 Å². The molecular formula is C12H15ClN4. The standard InChI is InChI=1S/C12H15ClN4/c1-17-12(15-9-16-17)8-14-7-11-4-2-3-10(5-11)6-13/h2-5,9,14H,6-8H2,1H3. The Hall–Kier alpha value is -1.39. The fraction of sp³-hybridized carbons (Fsp3) is 0.333. The highest BCUT2D eigenvalue weighted by Gasteiger charge is 2.00.